The zero-order valence-electron chi connectivity index (χ0n) is 8.46. The molecule has 1 saturated heterocycles. The number of hydrogen-bond donors (Lipinski definition) is 2. The van der Waals surface area contributed by atoms with Crippen molar-refractivity contribution in [1.29, 1.82) is 0 Å². The molecule has 0 amide bonds. The molecule has 1 aliphatic heterocycles. The van der Waals surface area contributed by atoms with Gasteiger partial charge in [-0.25, -0.2) is 8.78 Å². The third kappa shape index (κ3) is 1.67. The van der Waals surface area contributed by atoms with Crippen LogP contribution in [-0.2, 0) is 10.2 Å². The molecule has 3 nitrogen and oxygen atoms in total. The fourth-order valence-electron chi connectivity index (χ4n) is 2.07. The van der Waals surface area contributed by atoms with Crippen molar-refractivity contribution in [2.45, 2.75) is 11.8 Å². The third-order valence-electron chi connectivity index (χ3n) is 2.98. The van der Waals surface area contributed by atoms with E-state index in [9.17, 15) is 18.7 Å². The fourth-order valence-corrected chi connectivity index (χ4v) is 2.07. The molecule has 0 spiro atoms. The Morgan fingerprint density at radius 1 is 1.31 bits per heavy atom. The fraction of sp³-hybridized carbons (Fsp3) is 0.364. The molecule has 1 heterocycles. The summed E-state index contributed by atoms with van der Waals surface area (Å²) in [6.45, 7) is 0.732. The molecule has 1 atom stereocenters. The van der Waals surface area contributed by atoms with Gasteiger partial charge in [-0.1, -0.05) is 0 Å². The Hall–Kier alpha value is -1.49. The summed E-state index contributed by atoms with van der Waals surface area (Å²) in [5.41, 5.74) is -1.02. The zero-order valence-corrected chi connectivity index (χ0v) is 8.46. The van der Waals surface area contributed by atoms with Crippen molar-refractivity contribution in [2.75, 3.05) is 13.1 Å². The Balaban J connectivity index is 2.51. The predicted molar refractivity (Wildman–Crippen MR) is 53.2 cm³/mol. The Morgan fingerprint density at radius 3 is 2.38 bits per heavy atom. The van der Waals surface area contributed by atoms with Gasteiger partial charge in [0.2, 0.25) is 0 Å². The molecule has 1 aromatic rings. The minimum atomic E-state index is -1.21. The molecule has 5 heteroatoms. The lowest BCUT2D eigenvalue weighted by Gasteiger charge is -2.23. The average Bonchev–Trinajstić information content (AvgIpc) is 2.65. The lowest BCUT2D eigenvalue weighted by Crippen LogP contribution is -2.38. The molecule has 2 N–H and O–H groups in total. The maximum absolute atomic E-state index is 13.1. The monoisotopic (exact) mass is 227 g/mol. The van der Waals surface area contributed by atoms with Crippen LogP contribution >= 0.6 is 0 Å². The van der Waals surface area contributed by atoms with Gasteiger partial charge in [0.1, 0.15) is 17.0 Å². The van der Waals surface area contributed by atoms with Crippen LogP contribution in [0.2, 0.25) is 0 Å². The molecule has 1 unspecified atom stereocenters. The summed E-state index contributed by atoms with van der Waals surface area (Å²) >= 11 is 0. The van der Waals surface area contributed by atoms with E-state index < -0.39 is 23.0 Å². The highest BCUT2D eigenvalue weighted by atomic mass is 19.1. The van der Waals surface area contributed by atoms with Gasteiger partial charge in [-0.3, -0.25) is 4.79 Å². The second kappa shape index (κ2) is 3.83. The normalized spacial score (nSPS) is 24.6. The lowest BCUT2D eigenvalue weighted by molar-refractivity contribution is -0.143. The van der Waals surface area contributed by atoms with Gasteiger partial charge in [0.25, 0.3) is 0 Å². The van der Waals surface area contributed by atoms with E-state index in [0.29, 0.717) is 13.0 Å². The number of carboxylic acid groups (broad SMARTS) is 1. The summed E-state index contributed by atoms with van der Waals surface area (Å²) in [7, 11) is 0. The Morgan fingerprint density at radius 2 is 1.94 bits per heavy atom. The zero-order chi connectivity index (χ0) is 11.8. The quantitative estimate of drug-likeness (QED) is 0.800. The number of rotatable bonds is 2. The van der Waals surface area contributed by atoms with Gasteiger partial charge in [0, 0.05) is 12.6 Å². The Bertz CT molecular complexity index is 408. The van der Waals surface area contributed by atoms with Crippen LogP contribution in [0.4, 0.5) is 8.78 Å². The van der Waals surface area contributed by atoms with E-state index in [1.54, 1.807) is 0 Å². The molecular formula is C11H11F2NO2. The Kier molecular flexibility index (Phi) is 2.63. The Labute approximate surface area is 91.1 Å². The third-order valence-corrected chi connectivity index (χ3v) is 2.98. The van der Waals surface area contributed by atoms with Crippen molar-refractivity contribution < 1.29 is 18.7 Å². The van der Waals surface area contributed by atoms with Crippen molar-refractivity contribution in [3.8, 4) is 0 Å². The minimum Gasteiger partial charge on any atom is -0.481 e. The van der Waals surface area contributed by atoms with E-state index in [1.807, 2.05) is 0 Å². The number of carboxylic acids is 1. The number of benzene rings is 1. The van der Waals surface area contributed by atoms with Gasteiger partial charge in [-0.2, -0.15) is 0 Å². The molecule has 86 valence electrons. The molecule has 0 aromatic heterocycles. The van der Waals surface area contributed by atoms with Crippen molar-refractivity contribution in [1.82, 2.24) is 5.32 Å². The van der Waals surface area contributed by atoms with Crippen LogP contribution in [0.15, 0.2) is 18.2 Å². The number of aliphatic carboxylic acids is 1. The van der Waals surface area contributed by atoms with Crippen LogP contribution in [0, 0.1) is 11.6 Å². The predicted octanol–water partition coefficient (Wildman–Crippen LogP) is 1.28. The summed E-state index contributed by atoms with van der Waals surface area (Å²) in [5.74, 6) is -2.55. The lowest BCUT2D eigenvalue weighted by atomic mass is 9.80. The van der Waals surface area contributed by atoms with E-state index in [0.717, 1.165) is 18.2 Å². The molecule has 2 rings (SSSR count). The van der Waals surface area contributed by atoms with Crippen molar-refractivity contribution in [2.24, 2.45) is 0 Å². The first-order valence-electron chi connectivity index (χ1n) is 4.95. The van der Waals surface area contributed by atoms with Gasteiger partial charge in [-0.15, -0.1) is 0 Å². The standard InChI is InChI=1S/C11H11F2NO2/c12-8-3-7(4-9(13)5-8)11(10(15)16)1-2-14-6-11/h3-5,14H,1-2,6H2,(H,15,16). The van der Waals surface area contributed by atoms with Gasteiger partial charge in [0.15, 0.2) is 0 Å². The second-order valence-corrected chi connectivity index (χ2v) is 3.97. The molecule has 1 aromatic carbocycles. The van der Waals surface area contributed by atoms with Crippen molar-refractivity contribution in [3.63, 3.8) is 0 Å². The van der Waals surface area contributed by atoms with Crippen molar-refractivity contribution >= 4 is 5.97 Å². The molecule has 0 aliphatic carbocycles. The number of carbonyl (C=O) groups is 1. The number of halogens is 2. The van der Waals surface area contributed by atoms with Gasteiger partial charge in [0.05, 0.1) is 0 Å². The van der Waals surface area contributed by atoms with E-state index in [-0.39, 0.29) is 12.1 Å². The highest BCUT2D eigenvalue weighted by Crippen LogP contribution is 2.32. The van der Waals surface area contributed by atoms with Crippen LogP contribution in [0.3, 0.4) is 0 Å². The molecular weight excluding hydrogens is 216 g/mol. The van der Waals surface area contributed by atoms with Gasteiger partial charge < -0.3 is 10.4 Å². The van der Waals surface area contributed by atoms with E-state index in [4.69, 9.17) is 0 Å². The van der Waals surface area contributed by atoms with E-state index >= 15 is 0 Å². The summed E-state index contributed by atoms with van der Waals surface area (Å²) in [5, 5.41) is 12.1. The first-order valence-corrected chi connectivity index (χ1v) is 4.95. The van der Waals surface area contributed by atoms with Gasteiger partial charge in [-0.05, 0) is 30.7 Å². The summed E-state index contributed by atoms with van der Waals surface area (Å²) in [4.78, 5) is 11.3. The number of hydrogen-bond acceptors (Lipinski definition) is 2. The van der Waals surface area contributed by atoms with Crippen LogP contribution < -0.4 is 5.32 Å². The minimum absolute atomic E-state index is 0.183. The summed E-state index contributed by atoms with van der Waals surface area (Å²) in [6, 6.07) is 2.91. The van der Waals surface area contributed by atoms with Crippen LogP contribution in [0.1, 0.15) is 12.0 Å². The first kappa shape index (κ1) is 11.0. The van der Waals surface area contributed by atoms with Crippen molar-refractivity contribution in [3.05, 3.63) is 35.4 Å². The van der Waals surface area contributed by atoms with E-state index in [2.05, 4.69) is 5.32 Å². The van der Waals surface area contributed by atoms with Crippen LogP contribution in [0.25, 0.3) is 0 Å². The largest absolute Gasteiger partial charge is 0.481 e. The second-order valence-electron chi connectivity index (χ2n) is 3.97. The molecule has 0 radical (unpaired) electrons. The smallest absolute Gasteiger partial charge is 0.315 e. The van der Waals surface area contributed by atoms with Gasteiger partial charge >= 0.3 is 5.97 Å². The molecule has 1 aliphatic rings. The molecule has 0 saturated carbocycles. The topological polar surface area (TPSA) is 49.3 Å². The first-order chi connectivity index (χ1) is 7.54. The van der Waals surface area contributed by atoms with Crippen LogP contribution in [-0.4, -0.2) is 24.2 Å². The maximum atomic E-state index is 13.1. The summed E-state index contributed by atoms with van der Waals surface area (Å²) in [6.07, 6.45) is 0.339. The number of nitrogens with one attached hydrogen (secondary N) is 1. The highest BCUT2D eigenvalue weighted by molar-refractivity contribution is 5.82. The molecule has 16 heavy (non-hydrogen) atoms. The maximum Gasteiger partial charge on any atom is 0.315 e. The SMILES string of the molecule is O=C(O)C1(c2cc(F)cc(F)c2)CCNC1. The average molecular weight is 227 g/mol. The van der Waals surface area contributed by atoms with E-state index in [1.165, 1.54) is 0 Å². The highest BCUT2D eigenvalue weighted by Gasteiger charge is 2.43. The molecule has 0 bridgehead atoms. The summed E-state index contributed by atoms with van der Waals surface area (Å²) < 4.78 is 26.1. The van der Waals surface area contributed by atoms with Crippen LogP contribution in [0.5, 0.6) is 0 Å². The molecule has 1 fully saturated rings.